The molecule has 20 heavy (non-hydrogen) atoms. The van der Waals surface area contributed by atoms with Gasteiger partial charge in [-0.15, -0.1) is 0 Å². The van der Waals surface area contributed by atoms with Gasteiger partial charge in [-0.05, 0) is 37.5 Å². The summed E-state index contributed by atoms with van der Waals surface area (Å²) in [7, 11) is 0. The fourth-order valence-corrected chi connectivity index (χ4v) is 2.81. The first kappa shape index (κ1) is 15.1. The molecule has 2 aromatic rings. The number of alkyl halides is 1. The summed E-state index contributed by atoms with van der Waals surface area (Å²) in [6, 6.07) is 8.23. The molecule has 0 N–H and O–H groups in total. The molecular formula is C16H14BrF3. The third-order valence-electron chi connectivity index (χ3n) is 3.31. The van der Waals surface area contributed by atoms with E-state index in [0.29, 0.717) is 6.42 Å². The molecule has 0 amide bonds. The lowest BCUT2D eigenvalue weighted by atomic mass is 9.98. The van der Waals surface area contributed by atoms with Gasteiger partial charge in [0, 0.05) is 10.4 Å². The summed E-state index contributed by atoms with van der Waals surface area (Å²) >= 11 is 3.36. The van der Waals surface area contributed by atoms with Gasteiger partial charge in [-0.3, -0.25) is 0 Å². The Balaban J connectivity index is 2.31. The quantitative estimate of drug-likeness (QED) is 0.517. The maximum Gasteiger partial charge on any atom is 0.194 e. The van der Waals surface area contributed by atoms with Crippen LogP contribution in [0, 0.1) is 31.3 Å². The Morgan fingerprint density at radius 2 is 1.70 bits per heavy atom. The first-order valence-corrected chi connectivity index (χ1v) is 7.15. The zero-order valence-electron chi connectivity index (χ0n) is 11.2. The number of hydrogen-bond donors (Lipinski definition) is 0. The number of hydrogen-bond acceptors (Lipinski definition) is 0. The summed E-state index contributed by atoms with van der Waals surface area (Å²) < 4.78 is 39.9. The summed E-state index contributed by atoms with van der Waals surface area (Å²) in [5.74, 6) is -3.72. The van der Waals surface area contributed by atoms with Gasteiger partial charge in [0.1, 0.15) is 0 Å². The Morgan fingerprint density at radius 3 is 2.40 bits per heavy atom. The monoisotopic (exact) mass is 342 g/mol. The third kappa shape index (κ3) is 3.06. The topological polar surface area (TPSA) is 0 Å². The molecule has 0 heterocycles. The van der Waals surface area contributed by atoms with Crippen LogP contribution in [0.15, 0.2) is 30.3 Å². The summed E-state index contributed by atoms with van der Waals surface area (Å²) in [6.45, 7) is 3.94. The molecular weight excluding hydrogens is 329 g/mol. The highest BCUT2D eigenvalue weighted by molar-refractivity contribution is 9.09. The molecule has 1 atom stereocenters. The second-order valence-corrected chi connectivity index (χ2v) is 5.97. The fourth-order valence-electron chi connectivity index (χ4n) is 2.11. The van der Waals surface area contributed by atoms with E-state index in [1.165, 1.54) is 6.07 Å². The van der Waals surface area contributed by atoms with E-state index in [2.05, 4.69) is 15.9 Å². The van der Waals surface area contributed by atoms with Crippen LogP contribution in [-0.2, 0) is 6.42 Å². The van der Waals surface area contributed by atoms with Crippen molar-refractivity contribution in [2.24, 2.45) is 0 Å². The number of benzene rings is 2. The second kappa shape index (κ2) is 6.00. The molecule has 0 bridgehead atoms. The van der Waals surface area contributed by atoms with Crippen molar-refractivity contribution in [3.63, 3.8) is 0 Å². The SMILES string of the molecule is Cc1ccc(C)c(CC(Br)c2ccc(F)c(F)c2F)c1. The molecule has 0 aromatic heterocycles. The highest BCUT2D eigenvalue weighted by Gasteiger charge is 2.19. The van der Waals surface area contributed by atoms with Gasteiger partial charge >= 0.3 is 0 Å². The summed E-state index contributed by atoms with van der Waals surface area (Å²) in [4.78, 5) is -0.405. The minimum atomic E-state index is -1.42. The van der Waals surface area contributed by atoms with Gasteiger partial charge in [0.05, 0.1) is 0 Å². The number of aryl methyl sites for hydroxylation is 2. The molecule has 0 aliphatic rings. The Hall–Kier alpha value is -1.29. The standard InChI is InChI=1S/C16H14BrF3/c1-9-3-4-10(2)11(7-9)8-13(17)12-5-6-14(18)16(20)15(12)19/h3-7,13H,8H2,1-2H3. The van der Waals surface area contributed by atoms with Gasteiger partial charge in [0.25, 0.3) is 0 Å². The van der Waals surface area contributed by atoms with Gasteiger partial charge in [-0.25, -0.2) is 13.2 Å². The lowest BCUT2D eigenvalue weighted by Gasteiger charge is -2.14. The first-order valence-electron chi connectivity index (χ1n) is 6.23. The van der Waals surface area contributed by atoms with E-state index in [1.807, 2.05) is 32.0 Å². The number of rotatable bonds is 3. The predicted octanol–water partition coefficient (Wildman–Crippen LogP) is 5.40. The number of halogens is 4. The zero-order chi connectivity index (χ0) is 14.9. The van der Waals surface area contributed by atoms with Gasteiger partial charge in [-0.2, -0.15) is 0 Å². The van der Waals surface area contributed by atoms with Gasteiger partial charge in [0.15, 0.2) is 17.5 Å². The lowest BCUT2D eigenvalue weighted by molar-refractivity contribution is 0.440. The Morgan fingerprint density at radius 1 is 1.00 bits per heavy atom. The Labute approximate surface area is 124 Å². The van der Waals surface area contributed by atoms with Crippen LogP contribution in [0.2, 0.25) is 0 Å². The Bertz CT molecular complexity index is 638. The van der Waals surface area contributed by atoms with Crippen molar-refractivity contribution in [3.8, 4) is 0 Å². The van der Waals surface area contributed by atoms with Gasteiger partial charge in [0.2, 0.25) is 0 Å². The summed E-state index contributed by atoms with van der Waals surface area (Å²) in [5, 5.41) is 0. The molecule has 0 saturated heterocycles. The van der Waals surface area contributed by atoms with Crippen LogP contribution in [0.1, 0.15) is 27.1 Å². The third-order valence-corrected chi connectivity index (χ3v) is 4.12. The fraction of sp³-hybridized carbons (Fsp3) is 0.250. The molecule has 0 saturated carbocycles. The normalized spacial score (nSPS) is 12.5. The maximum atomic E-state index is 13.8. The van der Waals surface area contributed by atoms with Crippen molar-refractivity contribution in [1.82, 2.24) is 0 Å². The van der Waals surface area contributed by atoms with E-state index >= 15 is 0 Å². The van der Waals surface area contributed by atoms with Crippen LogP contribution in [0.3, 0.4) is 0 Å². The molecule has 0 radical (unpaired) electrons. The molecule has 106 valence electrons. The van der Waals surface area contributed by atoms with Crippen molar-refractivity contribution in [2.75, 3.05) is 0 Å². The van der Waals surface area contributed by atoms with Gasteiger partial charge in [-0.1, -0.05) is 45.8 Å². The molecule has 0 aliphatic heterocycles. The van der Waals surface area contributed by atoms with E-state index in [-0.39, 0.29) is 5.56 Å². The van der Waals surface area contributed by atoms with Crippen molar-refractivity contribution in [2.45, 2.75) is 25.1 Å². The molecule has 1 unspecified atom stereocenters. The van der Waals surface area contributed by atoms with Crippen LogP contribution < -0.4 is 0 Å². The van der Waals surface area contributed by atoms with Crippen LogP contribution in [-0.4, -0.2) is 0 Å². The van der Waals surface area contributed by atoms with Crippen LogP contribution in [0.4, 0.5) is 13.2 Å². The summed E-state index contributed by atoms with van der Waals surface area (Å²) in [5.41, 5.74) is 3.37. The van der Waals surface area contributed by atoms with Crippen LogP contribution in [0.25, 0.3) is 0 Å². The second-order valence-electron chi connectivity index (χ2n) is 4.87. The average Bonchev–Trinajstić information content (AvgIpc) is 2.40. The Kier molecular flexibility index (Phi) is 4.53. The molecule has 0 aliphatic carbocycles. The molecule has 0 fully saturated rings. The highest BCUT2D eigenvalue weighted by Crippen LogP contribution is 2.31. The van der Waals surface area contributed by atoms with Crippen LogP contribution >= 0.6 is 15.9 Å². The van der Waals surface area contributed by atoms with Crippen molar-refractivity contribution < 1.29 is 13.2 Å². The average molecular weight is 343 g/mol. The van der Waals surface area contributed by atoms with Crippen LogP contribution in [0.5, 0.6) is 0 Å². The van der Waals surface area contributed by atoms with E-state index in [1.54, 1.807) is 0 Å². The van der Waals surface area contributed by atoms with Crippen molar-refractivity contribution in [3.05, 3.63) is 70.0 Å². The smallest absolute Gasteiger partial charge is 0.194 e. The van der Waals surface area contributed by atoms with Crippen molar-refractivity contribution in [1.29, 1.82) is 0 Å². The lowest BCUT2D eigenvalue weighted by Crippen LogP contribution is -2.03. The molecule has 0 nitrogen and oxygen atoms in total. The maximum absolute atomic E-state index is 13.8. The molecule has 2 rings (SSSR count). The largest absolute Gasteiger partial charge is 0.204 e. The predicted molar refractivity (Wildman–Crippen MR) is 77.6 cm³/mol. The van der Waals surface area contributed by atoms with E-state index in [9.17, 15) is 13.2 Å². The summed E-state index contributed by atoms with van der Waals surface area (Å²) in [6.07, 6.45) is 0.509. The highest BCUT2D eigenvalue weighted by atomic mass is 79.9. The van der Waals surface area contributed by atoms with Gasteiger partial charge < -0.3 is 0 Å². The zero-order valence-corrected chi connectivity index (χ0v) is 12.8. The minimum absolute atomic E-state index is 0.129. The first-order chi connectivity index (χ1) is 9.40. The minimum Gasteiger partial charge on any atom is -0.204 e. The molecule has 0 spiro atoms. The van der Waals surface area contributed by atoms with E-state index < -0.39 is 22.3 Å². The van der Waals surface area contributed by atoms with E-state index in [4.69, 9.17) is 0 Å². The molecule has 2 aromatic carbocycles. The molecule has 4 heteroatoms. The van der Waals surface area contributed by atoms with Crippen molar-refractivity contribution >= 4 is 15.9 Å². The van der Waals surface area contributed by atoms with E-state index in [0.717, 1.165) is 22.8 Å².